The first kappa shape index (κ1) is 17.5. The Hall–Kier alpha value is -2.93. The average Bonchev–Trinajstić information content (AvgIpc) is 3.11. The van der Waals surface area contributed by atoms with Gasteiger partial charge in [-0.1, -0.05) is 13.3 Å². The zero-order valence-corrected chi connectivity index (χ0v) is 15.3. The molecule has 3 heterocycles. The maximum absolute atomic E-state index is 13.3. The number of H-pyrrole nitrogens is 1. The molecule has 3 aromatic rings. The van der Waals surface area contributed by atoms with Crippen LogP contribution in [0.5, 0.6) is 5.75 Å². The van der Waals surface area contributed by atoms with Gasteiger partial charge in [-0.05, 0) is 36.8 Å². The van der Waals surface area contributed by atoms with E-state index in [0.717, 1.165) is 42.6 Å². The number of rotatable bonds is 4. The zero-order valence-electron chi connectivity index (χ0n) is 15.3. The summed E-state index contributed by atoms with van der Waals surface area (Å²) in [4.78, 5) is 19.9. The molecule has 0 atom stereocenters. The highest BCUT2D eigenvalue weighted by Gasteiger charge is 2.24. The van der Waals surface area contributed by atoms with Gasteiger partial charge >= 0.3 is 0 Å². The molecular weight excluding hydrogens is 342 g/mol. The molecule has 0 spiro atoms. The normalized spacial score (nSPS) is 14.6. The SMILES string of the molecule is CCCc1n[nH]c2nc(-c3ccc(O)cc3)cc(C(=O)N3CCNCC3)c12. The largest absolute Gasteiger partial charge is 0.508 e. The molecule has 0 aliphatic carbocycles. The van der Waals surface area contributed by atoms with Crippen molar-refractivity contribution in [3.8, 4) is 17.0 Å². The third-order valence-electron chi connectivity index (χ3n) is 4.89. The molecule has 1 amide bonds. The Bertz CT molecular complexity index is 958. The van der Waals surface area contributed by atoms with Crippen molar-refractivity contribution in [1.82, 2.24) is 25.4 Å². The molecule has 4 rings (SSSR count). The van der Waals surface area contributed by atoms with Crippen molar-refractivity contribution in [2.24, 2.45) is 0 Å². The fourth-order valence-electron chi connectivity index (χ4n) is 3.50. The molecule has 3 N–H and O–H groups in total. The molecule has 0 saturated carbocycles. The number of benzene rings is 1. The maximum Gasteiger partial charge on any atom is 0.254 e. The van der Waals surface area contributed by atoms with Gasteiger partial charge in [0.25, 0.3) is 5.91 Å². The van der Waals surface area contributed by atoms with Gasteiger partial charge in [-0.3, -0.25) is 9.89 Å². The molecule has 1 aliphatic heterocycles. The van der Waals surface area contributed by atoms with Gasteiger partial charge < -0.3 is 15.3 Å². The molecule has 1 aliphatic rings. The van der Waals surface area contributed by atoms with Gasteiger partial charge in [0.2, 0.25) is 0 Å². The monoisotopic (exact) mass is 365 g/mol. The quantitative estimate of drug-likeness (QED) is 0.660. The number of aryl methyl sites for hydroxylation is 1. The van der Waals surface area contributed by atoms with E-state index in [1.54, 1.807) is 24.3 Å². The Morgan fingerprint density at radius 3 is 2.67 bits per heavy atom. The Morgan fingerprint density at radius 1 is 1.22 bits per heavy atom. The van der Waals surface area contributed by atoms with Crippen LogP contribution in [0.15, 0.2) is 30.3 Å². The number of pyridine rings is 1. The number of aromatic amines is 1. The standard InChI is InChI=1S/C20H23N5O2/c1-2-3-16-18-15(20(27)25-10-8-21-9-11-25)12-17(22-19(18)24-23-16)13-4-6-14(26)7-5-13/h4-7,12,21,26H,2-3,8-11H2,1H3,(H,22,23,24). The Morgan fingerprint density at radius 2 is 1.96 bits per heavy atom. The van der Waals surface area contributed by atoms with Crippen LogP contribution in [0.2, 0.25) is 0 Å². The second kappa shape index (κ2) is 7.36. The van der Waals surface area contributed by atoms with E-state index in [2.05, 4.69) is 27.4 Å². The first-order chi connectivity index (χ1) is 13.2. The van der Waals surface area contributed by atoms with Crippen LogP contribution < -0.4 is 5.32 Å². The lowest BCUT2D eigenvalue weighted by Crippen LogP contribution is -2.46. The number of hydrogen-bond acceptors (Lipinski definition) is 5. The molecule has 0 radical (unpaired) electrons. The van der Waals surface area contributed by atoms with Crippen LogP contribution in [0.25, 0.3) is 22.3 Å². The Balaban J connectivity index is 1.85. The van der Waals surface area contributed by atoms with Crippen LogP contribution in [0.3, 0.4) is 0 Å². The summed E-state index contributed by atoms with van der Waals surface area (Å²) in [5.74, 6) is 0.214. The average molecular weight is 365 g/mol. The van der Waals surface area contributed by atoms with E-state index >= 15 is 0 Å². The van der Waals surface area contributed by atoms with E-state index in [4.69, 9.17) is 0 Å². The summed E-state index contributed by atoms with van der Waals surface area (Å²) in [6.45, 7) is 5.09. The van der Waals surface area contributed by atoms with E-state index in [9.17, 15) is 9.90 Å². The van der Waals surface area contributed by atoms with Crippen LogP contribution in [0, 0.1) is 0 Å². The Kier molecular flexibility index (Phi) is 4.77. The van der Waals surface area contributed by atoms with Crippen molar-refractivity contribution >= 4 is 16.9 Å². The van der Waals surface area contributed by atoms with Crippen molar-refractivity contribution in [1.29, 1.82) is 0 Å². The highest BCUT2D eigenvalue weighted by atomic mass is 16.3. The van der Waals surface area contributed by atoms with Crippen LogP contribution in [-0.2, 0) is 6.42 Å². The van der Waals surface area contributed by atoms with Gasteiger partial charge in [0.1, 0.15) is 5.75 Å². The van der Waals surface area contributed by atoms with Gasteiger partial charge in [0.15, 0.2) is 5.65 Å². The first-order valence-electron chi connectivity index (χ1n) is 9.34. The predicted octanol–water partition coefficient (Wildman–Crippen LogP) is 2.33. The smallest absolute Gasteiger partial charge is 0.254 e. The fourth-order valence-corrected chi connectivity index (χ4v) is 3.50. The molecule has 7 nitrogen and oxygen atoms in total. The number of hydrogen-bond donors (Lipinski definition) is 3. The van der Waals surface area contributed by atoms with Crippen LogP contribution in [-0.4, -0.2) is 57.3 Å². The number of fused-ring (bicyclic) bond motifs is 1. The molecular formula is C20H23N5O2. The highest BCUT2D eigenvalue weighted by Crippen LogP contribution is 2.28. The van der Waals surface area contributed by atoms with Crippen molar-refractivity contribution in [3.63, 3.8) is 0 Å². The third kappa shape index (κ3) is 3.38. The van der Waals surface area contributed by atoms with E-state index in [1.807, 2.05) is 11.0 Å². The number of nitrogens with one attached hydrogen (secondary N) is 2. The molecule has 1 fully saturated rings. The molecule has 2 aromatic heterocycles. The topological polar surface area (TPSA) is 94.1 Å². The summed E-state index contributed by atoms with van der Waals surface area (Å²) in [5.41, 5.74) is 3.68. The van der Waals surface area contributed by atoms with Gasteiger partial charge in [0.05, 0.1) is 22.3 Å². The van der Waals surface area contributed by atoms with E-state index < -0.39 is 0 Å². The number of piperazine rings is 1. The van der Waals surface area contributed by atoms with Crippen molar-refractivity contribution in [2.75, 3.05) is 26.2 Å². The summed E-state index contributed by atoms with van der Waals surface area (Å²) in [6, 6.07) is 8.69. The van der Waals surface area contributed by atoms with Gasteiger partial charge in [-0.15, -0.1) is 0 Å². The van der Waals surface area contributed by atoms with E-state index in [1.165, 1.54) is 0 Å². The number of aromatic hydroxyl groups is 1. The number of carbonyl (C=O) groups is 1. The van der Waals surface area contributed by atoms with Gasteiger partial charge in [-0.2, -0.15) is 5.10 Å². The summed E-state index contributed by atoms with van der Waals surface area (Å²) >= 11 is 0. The Labute approximate surface area is 157 Å². The maximum atomic E-state index is 13.3. The van der Waals surface area contributed by atoms with Gasteiger partial charge in [-0.25, -0.2) is 4.98 Å². The zero-order chi connectivity index (χ0) is 18.8. The van der Waals surface area contributed by atoms with E-state index in [-0.39, 0.29) is 11.7 Å². The highest BCUT2D eigenvalue weighted by molar-refractivity contribution is 6.07. The number of carbonyl (C=O) groups excluding carboxylic acids is 1. The van der Waals surface area contributed by atoms with Crippen molar-refractivity contribution in [3.05, 3.63) is 41.6 Å². The number of phenolic OH excluding ortho intramolecular Hbond substituents is 1. The molecule has 7 heteroatoms. The van der Waals surface area contributed by atoms with Gasteiger partial charge in [0, 0.05) is 31.7 Å². The number of nitrogens with zero attached hydrogens (tertiary/aromatic N) is 3. The van der Waals surface area contributed by atoms with Crippen LogP contribution >= 0.6 is 0 Å². The van der Waals surface area contributed by atoms with Crippen LogP contribution in [0.4, 0.5) is 0 Å². The fraction of sp³-hybridized carbons (Fsp3) is 0.350. The second-order valence-corrected chi connectivity index (χ2v) is 6.79. The minimum atomic E-state index is 0.0164. The first-order valence-corrected chi connectivity index (χ1v) is 9.34. The molecule has 27 heavy (non-hydrogen) atoms. The summed E-state index contributed by atoms with van der Waals surface area (Å²) in [5, 5.41) is 21.1. The second-order valence-electron chi connectivity index (χ2n) is 6.79. The summed E-state index contributed by atoms with van der Waals surface area (Å²) in [6.07, 6.45) is 1.74. The van der Waals surface area contributed by atoms with Crippen LogP contribution in [0.1, 0.15) is 29.4 Å². The molecule has 1 aromatic carbocycles. The third-order valence-corrected chi connectivity index (χ3v) is 4.89. The number of phenols is 1. The number of aromatic nitrogens is 3. The lowest BCUT2D eigenvalue weighted by molar-refractivity contribution is 0.0737. The molecule has 1 saturated heterocycles. The molecule has 0 unspecified atom stereocenters. The lowest BCUT2D eigenvalue weighted by Gasteiger charge is -2.27. The van der Waals surface area contributed by atoms with E-state index in [0.29, 0.717) is 30.0 Å². The minimum absolute atomic E-state index is 0.0164. The molecule has 0 bridgehead atoms. The number of amides is 1. The van der Waals surface area contributed by atoms with Crippen molar-refractivity contribution in [2.45, 2.75) is 19.8 Å². The predicted molar refractivity (Wildman–Crippen MR) is 104 cm³/mol. The molecule has 140 valence electrons. The lowest BCUT2D eigenvalue weighted by atomic mass is 10.0. The van der Waals surface area contributed by atoms with Crippen molar-refractivity contribution < 1.29 is 9.90 Å². The summed E-state index contributed by atoms with van der Waals surface area (Å²) < 4.78 is 0. The summed E-state index contributed by atoms with van der Waals surface area (Å²) in [7, 11) is 0. The minimum Gasteiger partial charge on any atom is -0.508 e.